The standard InChI is InChI=1S/C21H29FN4O2/c1-2-24-13-9-21(10-14-24)19(27)26(20(28)23-21)17-7-11-25(12-8-17)15-16-5-3-4-6-18(16)22/h3-6,17H,2,7-15H2,1H3,(H,23,28). The van der Waals surface area contributed by atoms with Crippen LogP contribution in [0.15, 0.2) is 24.3 Å². The lowest BCUT2D eigenvalue weighted by atomic mass is 9.87. The number of benzene rings is 1. The first-order valence-electron chi connectivity index (χ1n) is 10.4. The largest absolute Gasteiger partial charge is 0.325 e. The fourth-order valence-corrected chi connectivity index (χ4v) is 4.77. The van der Waals surface area contributed by atoms with Crippen molar-refractivity contribution in [2.75, 3.05) is 32.7 Å². The van der Waals surface area contributed by atoms with Crippen molar-refractivity contribution >= 4 is 11.9 Å². The van der Waals surface area contributed by atoms with Crippen LogP contribution in [0.5, 0.6) is 0 Å². The second-order valence-corrected chi connectivity index (χ2v) is 8.22. The third-order valence-electron chi connectivity index (χ3n) is 6.62. The number of carbonyl (C=O) groups excluding carboxylic acids is 2. The number of nitrogens with zero attached hydrogens (tertiary/aromatic N) is 3. The molecule has 0 aliphatic carbocycles. The van der Waals surface area contributed by atoms with E-state index in [9.17, 15) is 14.0 Å². The molecule has 152 valence electrons. The van der Waals surface area contributed by atoms with Gasteiger partial charge in [-0.3, -0.25) is 14.6 Å². The Hall–Kier alpha value is -1.99. The normalized spacial score (nSPS) is 24.1. The zero-order chi connectivity index (χ0) is 19.7. The SMILES string of the molecule is CCN1CCC2(CC1)NC(=O)N(C1CCN(Cc3ccccc3F)CC1)C2=O. The van der Waals surface area contributed by atoms with Crippen molar-refractivity contribution in [3.63, 3.8) is 0 Å². The Morgan fingerprint density at radius 2 is 1.75 bits per heavy atom. The van der Waals surface area contributed by atoms with Crippen LogP contribution in [0.4, 0.5) is 9.18 Å². The zero-order valence-corrected chi connectivity index (χ0v) is 16.5. The topological polar surface area (TPSA) is 55.9 Å². The van der Waals surface area contributed by atoms with Crippen molar-refractivity contribution < 1.29 is 14.0 Å². The molecule has 0 saturated carbocycles. The van der Waals surface area contributed by atoms with Gasteiger partial charge < -0.3 is 10.2 Å². The summed E-state index contributed by atoms with van der Waals surface area (Å²) >= 11 is 0. The van der Waals surface area contributed by atoms with Gasteiger partial charge in [0, 0.05) is 44.3 Å². The first-order valence-corrected chi connectivity index (χ1v) is 10.4. The second-order valence-electron chi connectivity index (χ2n) is 8.22. The van der Waals surface area contributed by atoms with Gasteiger partial charge in [0.05, 0.1) is 0 Å². The molecule has 28 heavy (non-hydrogen) atoms. The maximum Gasteiger partial charge on any atom is 0.325 e. The minimum absolute atomic E-state index is 0.0409. The molecule has 3 aliphatic rings. The number of rotatable bonds is 4. The number of hydrogen-bond acceptors (Lipinski definition) is 4. The molecule has 0 aromatic heterocycles. The van der Waals surface area contributed by atoms with Crippen molar-refractivity contribution in [1.82, 2.24) is 20.0 Å². The smallest absolute Gasteiger partial charge is 0.323 e. The van der Waals surface area contributed by atoms with Crippen molar-refractivity contribution in [3.8, 4) is 0 Å². The van der Waals surface area contributed by atoms with E-state index in [4.69, 9.17) is 0 Å². The van der Waals surface area contributed by atoms with Crippen LogP contribution in [0.3, 0.4) is 0 Å². The Labute approximate surface area is 165 Å². The van der Waals surface area contributed by atoms with Gasteiger partial charge in [0.2, 0.25) is 0 Å². The molecule has 3 aliphatic heterocycles. The van der Waals surface area contributed by atoms with E-state index >= 15 is 0 Å². The van der Waals surface area contributed by atoms with E-state index < -0.39 is 5.54 Å². The molecule has 4 rings (SSSR count). The molecule has 1 aromatic rings. The molecule has 3 amide bonds. The van der Waals surface area contributed by atoms with Gasteiger partial charge in [0.15, 0.2) is 0 Å². The third-order valence-corrected chi connectivity index (χ3v) is 6.62. The summed E-state index contributed by atoms with van der Waals surface area (Å²) in [6.45, 7) is 6.86. The third kappa shape index (κ3) is 3.53. The van der Waals surface area contributed by atoms with Crippen molar-refractivity contribution in [2.24, 2.45) is 0 Å². The predicted molar refractivity (Wildman–Crippen MR) is 104 cm³/mol. The maximum atomic E-state index is 13.9. The van der Waals surface area contributed by atoms with Crippen LogP contribution in [0.2, 0.25) is 0 Å². The summed E-state index contributed by atoms with van der Waals surface area (Å²) in [5.41, 5.74) is -0.00913. The minimum Gasteiger partial charge on any atom is -0.323 e. The number of piperidine rings is 2. The Morgan fingerprint density at radius 1 is 1.07 bits per heavy atom. The van der Waals surface area contributed by atoms with Gasteiger partial charge in [-0.15, -0.1) is 0 Å². The predicted octanol–water partition coefficient (Wildman–Crippen LogP) is 2.20. The number of halogens is 1. The van der Waals surface area contributed by atoms with Gasteiger partial charge in [-0.2, -0.15) is 0 Å². The van der Waals surface area contributed by atoms with E-state index in [2.05, 4.69) is 22.0 Å². The number of imide groups is 1. The average Bonchev–Trinajstić information content (AvgIpc) is 2.95. The molecule has 0 radical (unpaired) electrons. The molecule has 3 saturated heterocycles. The summed E-state index contributed by atoms with van der Waals surface area (Å²) in [4.78, 5) is 31.8. The summed E-state index contributed by atoms with van der Waals surface area (Å²) in [6.07, 6.45) is 2.86. The van der Waals surface area contributed by atoms with E-state index in [-0.39, 0.29) is 23.8 Å². The summed E-state index contributed by atoms with van der Waals surface area (Å²) in [6, 6.07) is 6.55. The van der Waals surface area contributed by atoms with Crippen molar-refractivity contribution in [3.05, 3.63) is 35.6 Å². The van der Waals surface area contributed by atoms with Crippen LogP contribution in [-0.2, 0) is 11.3 Å². The Morgan fingerprint density at radius 3 is 2.39 bits per heavy atom. The van der Waals surface area contributed by atoms with Gasteiger partial charge in [-0.25, -0.2) is 9.18 Å². The van der Waals surface area contributed by atoms with Crippen LogP contribution in [0.1, 0.15) is 38.2 Å². The lowest BCUT2D eigenvalue weighted by Crippen LogP contribution is -2.55. The molecule has 1 spiro atoms. The number of urea groups is 1. The van der Waals surface area contributed by atoms with Crippen molar-refractivity contribution in [1.29, 1.82) is 0 Å². The highest BCUT2D eigenvalue weighted by molar-refractivity contribution is 6.07. The highest BCUT2D eigenvalue weighted by Gasteiger charge is 2.54. The summed E-state index contributed by atoms with van der Waals surface area (Å²) < 4.78 is 13.9. The highest BCUT2D eigenvalue weighted by Crippen LogP contribution is 2.32. The van der Waals surface area contributed by atoms with Crippen LogP contribution in [0.25, 0.3) is 0 Å². The quantitative estimate of drug-likeness (QED) is 0.804. The number of likely N-dealkylation sites (tertiary alicyclic amines) is 2. The first kappa shape index (κ1) is 19.3. The molecular formula is C21H29FN4O2. The monoisotopic (exact) mass is 388 g/mol. The lowest BCUT2D eigenvalue weighted by Gasteiger charge is -2.38. The number of carbonyl (C=O) groups is 2. The molecule has 0 unspecified atom stereocenters. The number of nitrogens with one attached hydrogen (secondary N) is 1. The molecule has 1 aromatic carbocycles. The lowest BCUT2D eigenvalue weighted by molar-refractivity contribution is -0.135. The average molecular weight is 388 g/mol. The number of hydrogen-bond donors (Lipinski definition) is 1. The van der Waals surface area contributed by atoms with Crippen LogP contribution >= 0.6 is 0 Å². The van der Waals surface area contributed by atoms with Gasteiger partial charge in [-0.05, 0) is 38.3 Å². The minimum atomic E-state index is -0.701. The fraction of sp³-hybridized carbons (Fsp3) is 0.619. The van der Waals surface area contributed by atoms with Crippen LogP contribution in [0, 0.1) is 5.82 Å². The first-order chi connectivity index (χ1) is 13.5. The molecular weight excluding hydrogens is 359 g/mol. The summed E-state index contributed by atoms with van der Waals surface area (Å²) in [7, 11) is 0. The van der Waals surface area contributed by atoms with E-state index in [1.165, 1.54) is 11.0 Å². The molecule has 6 nitrogen and oxygen atoms in total. The molecule has 1 N–H and O–H groups in total. The molecule has 3 fully saturated rings. The fourth-order valence-electron chi connectivity index (χ4n) is 4.77. The summed E-state index contributed by atoms with van der Waals surface area (Å²) in [5, 5.41) is 3.02. The zero-order valence-electron chi connectivity index (χ0n) is 16.5. The maximum absolute atomic E-state index is 13.9. The second kappa shape index (κ2) is 7.79. The van der Waals surface area contributed by atoms with E-state index in [0.29, 0.717) is 24.9 Å². The van der Waals surface area contributed by atoms with Gasteiger partial charge in [0.1, 0.15) is 11.4 Å². The van der Waals surface area contributed by atoms with E-state index in [0.717, 1.165) is 45.6 Å². The van der Waals surface area contributed by atoms with Gasteiger partial charge in [-0.1, -0.05) is 25.1 Å². The van der Waals surface area contributed by atoms with E-state index in [1.807, 2.05) is 12.1 Å². The molecule has 0 atom stereocenters. The summed E-state index contributed by atoms with van der Waals surface area (Å²) in [5.74, 6) is -0.222. The Balaban J connectivity index is 1.36. The van der Waals surface area contributed by atoms with E-state index in [1.54, 1.807) is 6.07 Å². The Kier molecular flexibility index (Phi) is 5.38. The van der Waals surface area contributed by atoms with Crippen LogP contribution in [-0.4, -0.2) is 70.9 Å². The van der Waals surface area contributed by atoms with Crippen molar-refractivity contribution in [2.45, 2.75) is 50.7 Å². The van der Waals surface area contributed by atoms with Gasteiger partial charge >= 0.3 is 6.03 Å². The molecule has 7 heteroatoms. The highest BCUT2D eigenvalue weighted by atomic mass is 19.1. The molecule has 0 bridgehead atoms. The number of amides is 3. The van der Waals surface area contributed by atoms with Gasteiger partial charge in [0.25, 0.3) is 5.91 Å². The van der Waals surface area contributed by atoms with Crippen LogP contribution < -0.4 is 5.32 Å². The molecule has 3 heterocycles. The Bertz CT molecular complexity index is 740.